The maximum atomic E-state index is 11.6. The molecule has 0 saturated heterocycles. The highest BCUT2D eigenvalue weighted by molar-refractivity contribution is 6.01. The van der Waals surface area contributed by atoms with Gasteiger partial charge in [-0.25, -0.2) is 0 Å². The number of ketones is 1. The van der Waals surface area contributed by atoms with Crippen LogP contribution in [0, 0.1) is 5.92 Å². The number of hydrogen-bond donors (Lipinski definition) is 0. The molecule has 16 heavy (non-hydrogen) atoms. The van der Waals surface area contributed by atoms with E-state index in [0.29, 0.717) is 0 Å². The van der Waals surface area contributed by atoms with Crippen molar-refractivity contribution in [1.29, 1.82) is 0 Å². The third kappa shape index (κ3) is 2.60. The first kappa shape index (κ1) is 12.7. The predicted molar refractivity (Wildman–Crippen MR) is 66.0 cm³/mol. The van der Waals surface area contributed by atoms with Crippen molar-refractivity contribution in [3.8, 4) is 0 Å². The summed E-state index contributed by atoms with van der Waals surface area (Å²) in [5.74, 6) is 0.402. The molecule has 0 aliphatic carbocycles. The lowest BCUT2D eigenvalue weighted by Gasteiger charge is -2.11. The summed E-state index contributed by atoms with van der Waals surface area (Å²) >= 11 is 0. The van der Waals surface area contributed by atoms with Gasteiger partial charge in [0.1, 0.15) is 0 Å². The second-order valence-electron chi connectivity index (χ2n) is 4.33. The first-order valence-corrected chi connectivity index (χ1v) is 5.71. The zero-order valence-corrected chi connectivity index (χ0v) is 10.7. The normalized spacial score (nSPS) is 12.9. The molecule has 0 aliphatic heterocycles. The van der Waals surface area contributed by atoms with Crippen molar-refractivity contribution in [3.63, 3.8) is 0 Å². The van der Waals surface area contributed by atoms with Gasteiger partial charge < -0.3 is 0 Å². The number of carbonyl (C=O) groups is 1. The molecule has 88 valence electrons. The topological polar surface area (TPSA) is 34.9 Å². The molecule has 0 radical (unpaired) electrons. The standard InChI is InChI=1S/C13H20N2O/c1-6-15-8-12(7-14-15)10(4)13(9(2)3)11(5)16/h7-9H,6H2,1-5H3. The highest BCUT2D eigenvalue weighted by Gasteiger charge is 2.14. The van der Waals surface area contributed by atoms with E-state index >= 15 is 0 Å². The van der Waals surface area contributed by atoms with Gasteiger partial charge in [-0.15, -0.1) is 0 Å². The number of nitrogens with zero attached hydrogens (tertiary/aromatic N) is 2. The SMILES string of the molecule is CCn1cc(C(C)=C(C(C)=O)C(C)C)cn1. The molecule has 0 unspecified atom stereocenters. The van der Waals surface area contributed by atoms with Gasteiger partial charge in [0.2, 0.25) is 0 Å². The quantitative estimate of drug-likeness (QED) is 0.731. The number of carbonyl (C=O) groups excluding carboxylic acids is 1. The van der Waals surface area contributed by atoms with Gasteiger partial charge in [-0.2, -0.15) is 5.10 Å². The van der Waals surface area contributed by atoms with Crippen LogP contribution in [0.5, 0.6) is 0 Å². The third-order valence-electron chi connectivity index (χ3n) is 2.75. The Morgan fingerprint density at radius 3 is 2.44 bits per heavy atom. The summed E-state index contributed by atoms with van der Waals surface area (Å²) in [6, 6.07) is 0. The molecule has 3 nitrogen and oxygen atoms in total. The van der Waals surface area contributed by atoms with Gasteiger partial charge in [0, 0.05) is 23.9 Å². The summed E-state index contributed by atoms with van der Waals surface area (Å²) in [6.45, 7) is 10.6. The molecule has 0 atom stereocenters. The Hall–Kier alpha value is -1.38. The molecule has 0 N–H and O–H groups in total. The molecular weight excluding hydrogens is 200 g/mol. The van der Waals surface area contributed by atoms with E-state index in [2.05, 4.69) is 5.10 Å². The molecule has 0 bridgehead atoms. The van der Waals surface area contributed by atoms with Crippen molar-refractivity contribution in [2.75, 3.05) is 0 Å². The van der Waals surface area contributed by atoms with Crippen LogP contribution in [0.4, 0.5) is 0 Å². The van der Waals surface area contributed by atoms with Crippen LogP contribution in [0.15, 0.2) is 18.0 Å². The summed E-state index contributed by atoms with van der Waals surface area (Å²) in [5, 5.41) is 4.23. The molecule has 3 heteroatoms. The Bertz CT molecular complexity index is 413. The van der Waals surface area contributed by atoms with Gasteiger partial charge in [-0.3, -0.25) is 9.48 Å². The van der Waals surface area contributed by atoms with Gasteiger partial charge in [0.05, 0.1) is 6.20 Å². The Labute approximate surface area is 97.2 Å². The molecule has 1 rings (SSSR count). The fraction of sp³-hybridized carbons (Fsp3) is 0.538. The first-order chi connectivity index (χ1) is 7.47. The van der Waals surface area contributed by atoms with E-state index in [0.717, 1.165) is 23.3 Å². The molecule has 0 fully saturated rings. The lowest BCUT2D eigenvalue weighted by molar-refractivity contribution is -0.113. The molecule has 0 amide bonds. The van der Waals surface area contributed by atoms with Crippen molar-refractivity contribution < 1.29 is 4.79 Å². The van der Waals surface area contributed by atoms with Crippen LogP contribution in [0.25, 0.3) is 5.57 Å². The minimum Gasteiger partial charge on any atom is -0.295 e. The highest BCUT2D eigenvalue weighted by atomic mass is 16.1. The van der Waals surface area contributed by atoms with Crippen molar-refractivity contribution in [3.05, 3.63) is 23.5 Å². The van der Waals surface area contributed by atoms with Gasteiger partial charge in [0.15, 0.2) is 5.78 Å². The van der Waals surface area contributed by atoms with E-state index in [-0.39, 0.29) is 11.7 Å². The van der Waals surface area contributed by atoms with E-state index in [1.54, 1.807) is 6.92 Å². The molecule has 0 saturated carbocycles. The van der Waals surface area contributed by atoms with Crippen LogP contribution >= 0.6 is 0 Å². The van der Waals surface area contributed by atoms with Crippen LogP contribution in [-0.4, -0.2) is 15.6 Å². The minimum atomic E-state index is 0.150. The number of aromatic nitrogens is 2. The van der Waals surface area contributed by atoms with Crippen molar-refractivity contribution in [1.82, 2.24) is 9.78 Å². The molecular formula is C13H20N2O. The highest BCUT2D eigenvalue weighted by Crippen LogP contribution is 2.23. The molecule has 1 aromatic rings. The summed E-state index contributed by atoms with van der Waals surface area (Å²) in [4.78, 5) is 11.6. The Morgan fingerprint density at radius 2 is 2.06 bits per heavy atom. The minimum absolute atomic E-state index is 0.150. The Morgan fingerprint density at radius 1 is 1.44 bits per heavy atom. The maximum Gasteiger partial charge on any atom is 0.156 e. The number of Topliss-reactive ketones (excluding diaryl/α,β-unsaturated/α-hetero) is 1. The summed E-state index contributed by atoms with van der Waals surface area (Å²) in [7, 11) is 0. The number of aryl methyl sites for hydroxylation is 1. The van der Waals surface area contributed by atoms with E-state index in [9.17, 15) is 4.79 Å². The average molecular weight is 220 g/mol. The molecule has 1 heterocycles. The average Bonchev–Trinajstić information content (AvgIpc) is 2.64. The fourth-order valence-electron chi connectivity index (χ4n) is 1.99. The molecule has 0 spiro atoms. The monoisotopic (exact) mass is 220 g/mol. The second kappa shape index (κ2) is 5.10. The van der Waals surface area contributed by atoms with Crippen molar-refractivity contribution >= 4 is 11.4 Å². The molecule has 0 aliphatic rings. The van der Waals surface area contributed by atoms with Gasteiger partial charge in [-0.05, 0) is 32.3 Å². The lowest BCUT2D eigenvalue weighted by Crippen LogP contribution is -2.06. The second-order valence-corrected chi connectivity index (χ2v) is 4.33. The predicted octanol–water partition coefficient (Wildman–Crippen LogP) is 2.92. The summed E-state index contributed by atoms with van der Waals surface area (Å²) < 4.78 is 1.87. The van der Waals surface area contributed by atoms with Crippen molar-refractivity contribution in [2.24, 2.45) is 5.92 Å². The van der Waals surface area contributed by atoms with Crippen LogP contribution in [0.1, 0.15) is 40.2 Å². The Balaban J connectivity index is 3.18. The third-order valence-corrected chi connectivity index (χ3v) is 2.75. The fourth-order valence-corrected chi connectivity index (χ4v) is 1.99. The van der Waals surface area contributed by atoms with Crippen LogP contribution in [-0.2, 0) is 11.3 Å². The van der Waals surface area contributed by atoms with Gasteiger partial charge >= 0.3 is 0 Å². The van der Waals surface area contributed by atoms with E-state index in [1.807, 2.05) is 44.8 Å². The van der Waals surface area contributed by atoms with Gasteiger partial charge in [-0.1, -0.05) is 13.8 Å². The zero-order chi connectivity index (χ0) is 12.3. The van der Waals surface area contributed by atoms with Gasteiger partial charge in [0.25, 0.3) is 0 Å². The van der Waals surface area contributed by atoms with E-state index in [4.69, 9.17) is 0 Å². The van der Waals surface area contributed by atoms with Crippen LogP contribution < -0.4 is 0 Å². The van der Waals surface area contributed by atoms with E-state index < -0.39 is 0 Å². The molecule has 1 aromatic heterocycles. The van der Waals surface area contributed by atoms with Crippen LogP contribution in [0.3, 0.4) is 0 Å². The maximum absolute atomic E-state index is 11.6. The summed E-state index contributed by atoms with van der Waals surface area (Å²) in [5.41, 5.74) is 2.98. The smallest absolute Gasteiger partial charge is 0.156 e. The number of allylic oxidation sites excluding steroid dienone is 2. The van der Waals surface area contributed by atoms with Crippen LogP contribution in [0.2, 0.25) is 0 Å². The lowest BCUT2D eigenvalue weighted by atomic mass is 9.92. The zero-order valence-electron chi connectivity index (χ0n) is 10.7. The van der Waals surface area contributed by atoms with E-state index in [1.165, 1.54) is 0 Å². The first-order valence-electron chi connectivity index (χ1n) is 5.71. The number of rotatable bonds is 4. The summed E-state index contributed by atoms with van der Waals surface area (Å²) in [6.07, 6.45) is 3.81. The number of hydrogen-bond acceptors (Lipinski definition) is 2. The van der Waals surface area contributed by atoms with Crippen molar-refractivity contribution in [2.45, 2.75) is 41.2 Å². The molecule has 0 aromatic carbocycles. The Kier molecular flexibility index (Phi) is 4.05. The largest absolute Gasteiger partial charge is 0.295 e.